The molecule has 0 fully saturated rings. The Morgan fingerprint density at radius 3 is 2.71 bits per heavy atom. The van der Waals surface area contributed by atoms with Crippen molar-refractivity contribution in [2.24, 2.45) is 0 Å². The van der Waals surface area contributed by atoms with Gasteiger partial charge in [-0.1, -0.05) is 46.3 Å². The normalized spacial score (nSPS) is 11.8. The molecule has 0 radical (unpaired) electrons. The van der Waals surface area contributed by atoms with E-state index in [1.54, 1.807) is 0 Å². The van der Waals surface area contributed by atoms with Gasteiger partial charge in [-0.25, -0.2) is 0 Å². The van der Waals surface area contributed by atoms with E-state index in [1.807, 2.05) is 62.4 Å². The van der Waals surface area contributed by atoms with Gasteiger partial charge in [0.2, 0.25) is 0 Å². The van der Waals surface area contributed by atoms with Crippen LogP contribution in [0.1, 0.15) is 24.1 Å². The molecule has 0 heterocycles. The van der Waals surface area contributed by atoms with E-state index in [2.05, 4.69) is 21.2 Å². The Morgan fingerprint density at radius 1 is 1.24 bits per heavy atom. The Labute approximate surface area is 133 Å². The van der Waals surface area contributed by atoms with Crippen LogP contribution in [0.15, 0.2) is 53.0 Å². The average Bonchev–Trinajstić information content (AvgIpc) is 2.45. The van der Waals surface area contributed by atoms with Crippen molar-refractivity contribution >= 4 is 21.8 Å². The lowest BCUT2D eigenvalue weighted by Crippen LogP contribution is -2.31. The van der Waals surface area contributed by atoms with Crippen molar-refractivity contribution in [3.63, 3.8) is 0 Å². The first-order valence-electron chi connectivity index (χ1n) is 6.79. The highest BCUT2D eigenvalue weighted by atomic mass is 79.9. The lowest BCUT2D eigenvalue weighted by molar-refractivity contribution is -0.123. The summed E-state index contributed by atoms with van der Waals surface area (Å²) in [7, 11) is 0. The highest BCUT2D eigenvalue weighted by Gasteiger charge is 2.11. The zero-order valence-corrected chi connectivity index (χ0v) is 13.7. The molecule has 0 aliphatic carbocycles. The summed E-state index contributed by atoms with van der Waals surface area (Å²) in [6.07, 6.45) is 0. The minimum Gasteiger partial charge on any atom is -0.484 e. The van der Waals surface area contributed by atoms with Gasteiger partial charge >= 0.3 is 0 Å². The lowest BCUT2D eigenvalue weighted by atomic mass is 10.0. The predicted molar refractivity (Wildman–Crippen MR) is 87.4 cm³/mol. The van der Waals surface area contributed by atoms with Crippen LogP contribution < -0.4 is 10.1 Å². The third-order valence-corrected chi connectivity index (χ3v) is 3.69. The first-order valence-corrected chi connectivity index (χ1v) is 7.59. The number of ether oxygens (including phenoxy) is 1. The zero-order chi connectivity index (χ0) is 15.2. The van der Waals surface area contributed by atoms with E-state index < -0.39 is 0 Å². The number of benzene rings is 2. The van der Waals surface area contributed by atoms with Gasteiger partial charge < -0.3 is 10.1 Å². The SMILES string of the molecule is Cc1ccccc1C(C)NC(=O)COc1cccc(Br)c1. The second-order valence-corrected chi connectivity index (χ2v) is 5.81. The minimum absolute atomic E-state index is 0.00662. The molecule has 110 valence electrons. The number of nitrogens with one attached hydrogen (secondary N) is 1. The summed E-state index contributed by atoms with van der Waals surface area (Å²) in [6, 6.07) is 15.4. The molecule has 4 heteroatoms. The Bertz CT molecular complexity index is 628. The van der Waals surface area contributed by atoms with Crippen molar-refractivity contribution in [3.05, 3.63) is 64.1 Å². The number of hydrogen-bond acceptors (Lipinski definition) is 2. The zero-order valence-electron chi connectivity index (χ0n) is 12.1. The predicted octanol–water partition coefficient (Wildman–Crippen LogP) is 4.01. The molecule has 0 aliphatic rings. The smallest absolute Gasteiger partial charge is 0.258 e. The van der Waals surface area contributed by atoms with Gasteiger partial charge in [-0.3, -0.25) is 4.79 Å². The van der Waals surface area contributed by atoms with Gasteiger partial charge in [0.15, 0.2) is 6.61 Å². The first kappa shape index (κ1) is 15.6. The molecule has 2 aromatic carbocycles. The highest BCUT2D eigenvalue weighted by molar-refractivity contribution is 9.10. The van der Waals surface area contributed by atoms with Crippen LogP contribution in [0.25, 0.3) is 0 Å². The molecule has 3 nitrogen and oxygen atoms in total. The van der Waals surface area contributed by atoms with Crippen LogP contribution in [0.5, 0.6) is 5.75 Å². The van der Waals surface area contributed by atoms with Crippen LogP contribution in [-0.4, -0.2) is 12.5 Å². The van der Waals surface area contributed by atoms with Crippen molar-refractivity contribution in [2.75, 3.05) is 6.61 Å². The number of amides is 1. The third kappa shape index (κ3) is 4.60. The summed E-state index contributed by atoms with van der Waals surface area (Å²) >= 11 is 3.37. The molecule has 0 aliphatic heterocycles. The van der Waals surface area contributed by atoms with Crippen molar-refractivity contribution < 1.29 is 9.53 Å². The molecule has 2 rings (SSSR count). The van der Waals surface area contributed by atoms with Gasteiger partial charge in [-0.2, -0.15) is 0 Å². The van der Waals surface area contributed by atoms with Crippen LogP contribution in [0.2, 0.25) is 0 Å². The summed E-state index contributed by atoms with van der Waals surface area (Å²) in [6.45, 7) is 4.02. The van der Waals surface area contributed by atoms with Crippen LogP contribution >= 0.6 is 15.9 Å². The van der Waals surface area contributed by atoms with Crippen molar-refractivity contribution in [3.8, 4) is 5.75 Å². The molecule has 1 unspecified atom stereocenters. The van der Waals surface area contributed by atoms with E-state index in [9.17, 15) is 4.79 Å². The average molecular weight is 348 g/mol. The number of rotatable bonds is 5. The molecule has 1 amide bonds. The van der Waals surface area contributed by atoms with Crippen LogP contribution in [0.3, 0.4) is 0 Å². The highest BCUT2D eigenvalue weighted by Crippen LogP contribution is 2.18. The number of carbonyl (C=O) groups is 1. The van der Waals surface area contributed by atoms with Crippen molar-refractivity contribution in [1.29, 1.82) is 0 Å². The topological polar surface area (TPSA) is 38.3 Å². The summed E-state index contributed by atoms with van der Waals surface area (Å²) < 4.78 is 6.40. The summed E-state index contributed by atoms with van der Waals surface area (Å²) in [5.74, 6) is 0.536. The van der Waals surface area contributed by atoms with E-state index in [4.69, 9.17) is 4.74 Å². The fraction of sp³-hybridized carbons (Fsp3) is 0.235. The van der Waals surface area contributed by atoms with E-state index in [0.717, 1.165) is 10.0 Å². The maximum absolute atomic E-state index is 11.9. The van der Waals surface area contributed by atoms with Gasteiger partial charge in [-0.15, -0.1) is 0 Å². The largest absolute Gasteiger partial charge is 0.484 e. The molecule has 0 aromatic heterocycles. The number of aryl methyl sites for hydroxylation is 1. The molecule has 1 N–H and O–H groups in total. The molecule has 0 saturated carbocycles. The second kappa shape index (κ2) is 7.27. The van der Waals surface area contributed by atoms with Gasteiger partial charge in [-0.05, 0) is 43.2 Å². The van der Waals surface area contributed by atoms with Gasteiger partial charge in [0, 0.05) is 4.47 Å². The maximum atomic E-state index is 11.9. The summed E-state index contributed by atoms with van der Waals surface area (Å²) in [5.41, 5.74) is 2.28. The van der Waals surface area contributed by atoms with Gasteiger partial charge in [0.25, 0.3) is 5.91 Å². The second-order valence-electron chi connectivity index (χ2n) is 4.89. The molecule has 0 spiro atoms. The van der Waals surface area contributed by atoms with Crippen LogP contribution in [0.4, 0.5) is 0 Å². The van der Waals surface area contributed by atoms with E-state index >= 15 is 0 Å². The van der Waals surface area contributed by atoms with Crippen molar-refractivity contribution in [1.82, 2.24) is 5.32 Å². The van der Waals surface area contributed by atoms with Gasteiger partial charge in [0.05, 0.1) is 6.04 Å². The number of hydrogen-bond donors (Lipinski definition) is 1. The van der Waals surface area contributed by atoms with E-state index in [1.165, 1.54) is 5.56 Å². The van der Waals surface area contributed by atoms with Gasteiger partial charge in [0.1, 0.15) is 5.75 Å². The first-order chi connectivity index (χ1) is 10.1. The monoisotopic (exact) mass is 347 g/mol. The third-order valence-electron chi connectivity index (χ3n) is 3.20. The Morgan fingerprint density at radius 2 is 2.00 bits per heavy atom. The Balaban J connectivity index is 1.89. The molecule has 0 saturated heterocycles. The minimum atomic E-state index is -0.134. The molecule has 2 aromatic rings. The molecule has 21 heavy (non-hydrogen) atoms. The standard InChI is InChI=1S/C17H18BrNO2/c1-12-6-3-4-9-16(12)13(2)19-17(20)11-21-15-8-5-7-14(18)10-15/h3-10,13H,11H2,1-2H3,(H,19,20). The summed E-state index contributed by atoms with van der Waals surface area (Å²) in [4.78, 5) is 11.9. The van der Waals surface area contributed by atoms with Crippen LogP contribution in [-0.2, 0) is 4.79 Å². The quantitative estimate of drug-likeness (QED) is 0.887. The lowest BCUT2D eigenvalue weighted by Gasteiger charge is -2.16. The molecular weight excluding hydrogens is 330 g/mol. The Kier molecular flexibility index (Phi) is 5.39. The summed E-state index contributed by atoms with van der Waals surface area (Å²) in [5, 5.41) is 2.95. The molecule has 0 bridgehead atoms. The van der Waals surface area contributed by atoms with Crippen LogP contribution in [0, 0.1) is 6.92 Å². The maximum Gasteiger partial charge on any atom is 0.258 e. The van der Waals surface area contributed by atoms with Crippen molar-refractivity contribution in [2.45, 2.75) is 19.9 Å². The fourth-order valence-electron chi connectivity index (χ4n) is 2.14. The molecular formula is C17H18BrNO2. The van der Waals surface area contributed by atoms with E-state index in [-0.39, 0.29) is 18.6 Å². The Hall–Kier alpha value is -1.81. The fourth-order valence-corrected chi connectivity index (χ4v) is 2.52. The molecule has 1 atom stereocenters. The number of halogens is 1. The number of carbonyl (C=O) groups excluding carboxylic acids is 1. The van der Waals surface area contributed by atoms with E-state index in [0.29, 0.717) is 5.75 Å².